The molecule has 3 aromatic rings. The van der Waals surface area contributed by atoms with Crippen molar-refractivity contribution in [2.75, 3.05) is 0 Å². The van der Waals surface area contributed by atoms with Gasteiger partial charge in [-0.15, -0.1) is 5.10 Å². The van der Waals surface area contributed by atoms with Crippen molar-refractivity contribution in [1.29, 1.82) is 0 Å². The number of nitrogens with zero attached hydrogens (tertiary/aromatic N) is 3. The van der Waals surface area contributed by atoms with Crippen LogP contribution in [0.1, 0.15) is 41.0 Å². The minimum absolute atomic E-state index is 0.119. The molecule has 0 saturated carbocycles. The number of hydrogen-bond donors (Lipinski definition) is 1. The molecule has 5 nitrogen and oxygen atoms in total. The molecule has 1 heterocycles. The fourth-order valence-corrected chi connectivity index (χ4v) is 2.64. The zero-order valence-corrected chi connectivity index (χ0v) is 14.7. The molecule has 3 rings (SSSR count). The monoisotopic (exact) mass is 334 g/mol. The van der Waals surface area contributed by atoms with Gasteiger partial charge in [0.25, 0.3) is 5.91 Å². The molecule has 128 valence electrons. The molecule has 0 bridgehead atoms. The van der Waals surface area contributed by atoms with Crippen molar-refractivity contribution in [1.82, 2.24) is 20.3 Å². The number of aromatic nitrogens is 3. The van der Waals surface area contributed by atoms with Gasteiger partial charge in [-0.25, -0.2) is 4.68 Å². The van der Waals surface area contributed by atoms with E-state index in [9.17, 15) is 4.79 Å². The summed E-state index contributed by atoms with van der Waals surface area (Å²) in [6, 6.07) is 17.6. The highest BCUT2D eigenvalue weighted by Gasteiger charge is 2.26. The molecule has 1 amide bonds. The molecular formula is C20H22N4O. The summed E-state index contributed by atoms with van der Waals surface area (Å²) < 4.78 is 1.78. The fraction of sp³-hybridized carbons (Fsp3) is 0.250. The maximum absolute atomic E-state index is 12.5. The average molecular weight is 334 g/mol. The Labute approximate surface area is 147 Å². The molecular weight excluding hydrogens is 312 g/mol. The van der Waals surface area contributed by atoms with E-state index in [0.717, 1.165) is 16.8 Å². The standard InChI is InChI=1S/C20H22N4O/c1-15-8-7-11-17(12-15)19(25)21-20(2,3)18-14-24(23-22-18)13-16-9-5-4-6-10-16/h4-12,14H,13H2,1-3H3,(H,21,25). The van der Waals surface area contributed by atoms with Gasteiger partial charge in [-0.1, -0.05) is 53.2 Å². The first-order valence-electron chi connectivity index (χ1n) is 8.28. The van der Waals surface area contributed by atoms with Crippen molar-refractivity contribution in [3.8, 4) is 0 Å². The van der Waals surface area contributed by atoms with Crippen LogP contribution in [0.25, 0.3) is 0 Å². The van der Waals surface area contributed by atoms with Crippen molar-refractivity contribution in [2.24, 2.45) is 0 Å². The molecule has 0 aliphatic rings. The van der Waals surface area contributed by atoms with E-state index in [2.05, 4.69) is 15.6 Å². The third-order valence-corrected chi connectivity index (χ3v) is 4.07. The fourth-order valence-electron chi connectivity index (χ4n) is 2.64. The van der Waals surface area contributed by atoms with E-state index < -0.39 is 5.54 Å². The van der Waals surface area contributed by atoms with E-state index in [4.69, 9.17) is 0 Å². The Hall–Kier alpha value is -2.95. The highest BCUT2D eigenvalue weighted by Crippen LogP contribution is 2.18. The molecule has 0 radical (unpaired) electrons. The number of carbonyl (C=O) groups is 1. The lowest BCUT2D eigenvalue weighted by atomic mass is 10.0. The number of rotatable bonds is 5. The maximum atomic E-state index is 12.5. The number of benzene rings is 2. The second-order valence-electron chi connectivity index (χ2n) is 6.74. The third kappa shape index (κ3) is 4.12. The zero-order chi connectivity index (χ0) is 17.9. The summed E-state index contributed by atoms with van der Waals surface area (Å²) in [7, 11) is 0. The summed E-state index contributed by atoms with van der Waals surface area (Å²) in [4.78, 5) is 12.5. The van der Waals surface area contributed by atoms with Crippen molar-refractivity contribution in [3.63, 3.8) is 0 Å². The van der Waals surface area contributed by atoms with E-state index >= 15 is 0 Å². The highest BCUT2D eigenvalue weighted by molar-refractivity contribution is 5.94. The number of carbonyl (C=O) groups excluding carboxylic acids is 1. The van der Waals surface area contributed by atoms with Crippen molar-refractivity contribution < 1.29 is 4.79 Å². The first-order chi connectivity index (χ1) is 11.9. The number of aryl methyl sites for hydroxylation is 1. The molecule has 25 heavy (non-hydrogen) atoms. The lowest BCUT2D eigenvalue weighted by molar-refractivity contribution is 0.0910. The molecule has 0 saturated heterocycles. The van der Waals surface area contributed by atoms with Crippen molar-refractivity contribution in [2.45, 2.75) is 32.9 Å². The Balaban J connectivity index is 1.73. The van der Waals surface area contributed by atoms with Crippen LogP contribution in [0.15, 0.2) is 60.8 Å². The lowest BCUT2D eigenvalue weighted by Gasteiger charge is -2.23. The van der Waals surface area contributed by atoms with Crippen LogP contribution in [-0.2, 0) is 12.1 Å². The maximum Gasteiger partial charge on any atom is 0.252 e. The molecule has 1 N–H and O–H groups in total. The van der Waals surface area contributed by atoms with Crippen LogP contribution >= 0.6 is 0 Å². The molecule has 0 fully saturated rings. The Morgan fingerprint density at radius 3 is 2.60 bits per heavy atom. The molecule has 0 atom stereocenters. The summed E-state index contributed by atoms with van der Waals surface area (Å²) in [5, 5.41) is 11.5. The Kier molecular flexibility index (Phi) is 4.65. The minimum Gasteiger partial charge on any atom is -0.341 e. The molecule has 1 aromatic heterocycles. The second kappa shape index (κ2) is 6.89. The van der Waals surface area contributed by atoms with Crippen molar-refractivity contribution >= 4 is 5.91 Å². The van der Waals surface area contributed by atoms with Gasteiger partial charge in [0.05, 0.1) is 18.3 Å². The van der Waals surface area contributed by atoms with E-state index in [1.807, 2.05) is 81.6 Å². The number of nitrogens with one attached hydrogen (secondary N) is 1. The molecule has 5 heteroatoms. The molecule has 0 aliphatic carbocycles. The minimum atomic E-state index is -0.615. The Bertz CT molecular complexity index is 868. The molecule has 0 spiro atoms. The van der Waals surface area contributed by atoms with Crippen LogP contribution in [0.2, 0.25) is 0 Å². The van der Waals surface area contributed by atoms with Gasteiger partial charge in [0.1, 0.15) is 5.69 Å². The van der Waals surface area contributed by atoms with Gasteiger partial charge in [-0.3, -0.25) is 4.79 Å². The van der Waals surface area contributed by atoms with Gasteiger partial charge in [0, 0.05) is 5.56 Å². The first kappa shape index (κ1) is 16.9. The van der Waals surface area contributed by atoms with Gasteiger partial charge >= 0.3 is 0 Å². The van der Waals surface area contributed by atoms with Gasteiger partial charge in [-0.05, 0) is 38.5 Å². The third-order valence-electron chi connectivity index (χ3n) is 4.07. The molecule has 0 aliphatic heterocycles. The highest BCUT2D eigenvalue weighted by atomic mass is 16.1. The van der Waals surface area contributed by atoms with Crippen LogP contribution in [0, 0.1) is 6.92 Å². The molecule has 2 aromatic carbocycles. The second-order valence-corrected chi connectivity index (χ2v) is 6.74. The van der Waals surface area contributed by atoms with E-state index in [0.29, 0.717) is 12.1 Å². The van der Waals surface area contributed by atoms with E-state index in [1.165, 1.54) is 0 Å². The van der Waals surface area contributed by atoms with Gasteiger partial charge < -0.3 is 5.32 Å². The summed E-state index contributed by atoms with van der Waals surface area (Å²) in [6.07, 6.45) is 1.88. The summed E-state index contributed by atoms with van der Waals surface area (Å²) in [5.74, 6) is -0.119. The molecule has 0 unspecified atom stereocenters. The predicted molar refractivity (Wildman–Crippen MR) is 97.2 cm³/mol. The Morgan fingerprint density at radius 2 is 1.88 bits per heavy atom. The van der Waals surface area contributed by atoms with Crippen LogP contribution in [-0.4, -0.2) is 20.9 Å². The first-order valence-corrected chi connectivity index (χ1v) is 8.28. The van der Waals surface area contributed by atoms with Crippen LogP contribution < -0.4 is 5.32 Å². The van der Waals surface area contributed by atoms with E-state index in [-0.39, 0.29) is 5.91 Å². The normalized spacial score (nSPS) is 11.3. The number of amides is 1. The topological polar surface area (TPSA) is 59.8 Å². The SMILES string of the molecule is Cc1cccc(C(=O)NC(C)(C)c2cn(Cc3ccccc3)nn2)c1. The van der Waals surface area contributed by atoms with Gasteiger partial charge in [0.2, 0.25) is 0 Å². The number of hydrogen-bond acceptors (Lipinski definition) is 3. The zero-order valence-electron chi connectivity index (χ0n) is 14.7. The van der Waals surface area contributed by atoms with Crippen LogP contribution in [0.3, 0.4) is 0 Å². The summed E-state index contributed by atoms with van der Waals surface area (Å²) >= 11 is 0. The predicted octanol–water partition coefficient (Wildman–Crippen LogP) is 3.30. The smallest absolute Gasteiger partial charge is 0.252 e. The average Bonchev–Trinajstić information content (AvgIpc) is 3.05. The largest absolute Gasteiger partial charge is 0.341 e. The lowest BCUT2D eigenvalue weighted by Crippen LogP contribution is -2.41. The quantitative estimate of drug-likeness (QED) is 0.779. The van der Waals surface area contributed by atoms with Crippen LogP contribution in [0.4, 0.5) is 0 Å². The van der Waals surface area contributed by atoms with Crippen LogP contribution in [0.5, 0.6) is 0 Å². The van der Waals surface area contributed by atoms with Gasteiger partial charge in [0.15, 0.2) is 0 Å². The van der Waals surface area contributed by atoms with Gasteiger partial charge in [-0.2, -0.15) is 0 Å². The Morgan fingerprint density at radius 1 is 1.12 bits per heavy atom. The van der Waals surface area contributed by atoms with Crippen molar-refractivity contribution in [3.05, 3.63) is 83.2 Å². The summed E-state index contributed by atoms with van der Waals surface area (Å²) in [5.41, 5.74) is 2.96. The summed E-state index contributed by atoms with van der Waals surface area (Å²) in [6.45, 7) is 6.47. The van der Waals surface area contributed by atoms with E-state index in [1.54, 1.807) is 4.68 Å².